The highest BCUT2D eigenvalue weighted by molar-refractivity contribution is 7.99. The van der Waals surface area contributed by atoms with Gasteiger partial charge in [0.2, 0.25) is 5.91 Å². The van der Waals surface area contributed by atoms with Crippen molar-refractivity contribution < 1.29 is 18.0 Å². The lowest BCUT2D eigenvalue weighted by molar-refractivity contribution is -0.138. The predicted molar refractivity (Wildman–Crippen MR) is 73.4 cm³/mol. The Bertz CT molecular complexity index is 486. The molecule has 0 spiro atoms. The van der Waals surface area contributed by atoms with E-state index in [4.69, 9.17) is 0 Å². The topological polar surface area (TPSA) is 29.1 Å². The zero-order chi connectivity index (χ0) is 14.8. The smallest absolute Gasteiger partial charge is 0.352 e. The second-order valence-electron chi connectivity index (χ2n) is 4.89. The van der Waals surface area contributed by atoms with Crippen molar-refractivity contribution in [2.24, 2.45) is 0 Å². The maximum Gasteiger partial charge on any atom is 0.416 e. The minimum absolute atomic E-state index is 0.0954. The van der Waals surface area contributed by atoms with Gasteiger partial charge in [-0.3, -0.25) is 4.79 Å². The van der Waals surface area contributed by atoms with Crippen LogP contribution >= 0.6 is 11.8 Å². The minimum atomic E-state index is -4.35. The Morgan fingerprint density at radius 3 is 2.65 bits per heavy atom. The summed E-state index contributed by atoms with van der Waals surface area (Å²) in [5.74, 6) is 0.0802. The normalized spacial score (nSPS) is 16.8. The van der Waals surface area contributed by atoms with Crippen LogP contribution in [0.15, 0.2) is 24.3 Å². The molecule has 2 nitrogen and oxygen atoms in total. The Morgan fingerprint density at radius 2 is 2.05 bits per heavy atom. The highest BCUT2D eigenvalue weighted by Crippen LogP contribution is 2.34. The van der Waals surface area contributed by atoms with Gasteiger partial charge < -0.3 is 5.32 Å². The van der Waals surface area contributed by atoms with Gasteiger partial charge in [0, 0.05) is 11.8 Å². The number of rotatable bonds is 5. The van der Waals surface area contributed by atoms with Crippen molar-refractivity contribution in [1.29, 1.82) is 0 Å². The van der Waals surface area contributed by atoms with Crippen LogP contribution in [0.25, 0.3) is 0 Å². The number of hydrogen-bond acceptors (Lipinski definition) is 2. The molecule has 1 amide bonds. The monoisotopic (exact) mass is 303 g/mol. The van der Waals surface area contributed by atoms with Crippen LogP contribution in [0, 0.1) is 0 Å². The molecule has 1 unspecified atom stereocenters. The van der Waals surface area contributed by atoms with Crippen LogP contribution in [0.5, 0.6) is 0 Å². The van der Waals surface area contributed by atoms with Gasteiger partial charge in [-0.15, -0.1) is 11.8 Å². The Labute approximate surface area is 120 Å². The molecule has 0 heterocycles. The molecule has 1 aromatic rings. The van der Waals surface area contributed by atoms with Crippen LogP contribution in [-0.4, -0.2) is 17.2 Å². The van der Waals surface area contributed by atoms with E-state index in [0.717, 1.165) is 18.9 Å². The summed E-state index contributed by atoms with van der Waals surface area (Å²) < 4.78 is 38.5. The number of nitrogens with one attached hydrogen (secondary N) is 1. The van der Waals surface area contributed by atoms with Crippen molar-refractivity contribution in [3.8, 4) is 0 Å². The quantitative estimate of drug-likeness (QED) is 0.900. The molecule has 2 rings (SSSR count). The van der Waals surface area contributed by atoms with Crippen LogP contribution in [-0.2, 0) is 16.7 Å². The summed E-state index contributed by atoms with van der Waals surface area (Å²) in [5, 5.41) is 2.50. The third-order valence-electron chi connectivity index (χ3n) is 3.10. The van der Waals surface area contributed by atoms with Crippen LogP contribution < -0.4 is 5.32 Å². The molecule has 1 aliphatic carbocycles. The fourth-order valence-corrected chi connectivity index (χ4v) is 2.66. The lowest BCUT2D eigenvalue weighted by Crippen LogP contribution is -2.32. The van der Waals surface area contributed by atoms with Crippen molar-refractivity contribution in [3.05, 3.63) is 35.4 Å². The van der Waals surface area contributed by atoms with Crippen molar-refractivity contribution in [1.82, 2.24) is 5.32 Å². The number of amides is 1. The number of alkyl halides is 3. The third-order valence-corrected chi connectivity index (χ3v) is 4.30. The molecule has 0 aromatic heterocycles. The van der Waals surface area contributed by atoms with Gasteiger partial charge in [0.25, 0.3) is 0 Å². The highest BCUT2D eigenvalue weighted by Gasteiger charge is 2.33. The molecule has 1 N–H and O–H groups in total. The van der Waals surface area contributed by atoms with E-state index in [1.54, 1.807) is 13.0 Å². The number of hydrogen-bond donors (Lipinski definition) is 1. The lowest BCUT2D eigenvalue weighted by atomic mass is 10.1. The van der Waals surface area contributed by atoms with Crippen molar-refractivity contribution >= 4 is 17.7 Å². The molecular formula is C14H16F3NOS. The Kier molecular flexibility index (Phi) is 4.62. The van der Waals surface area contributed by atoms with E-state index in [-0.39, 0.29) is 28.5 Å². The number of benzene rings is 1. The average molecular weight is 303 g/mol. The van der Waals surface area contributed by atoms with Crippen molar-refractivity contribution in [2.45, 2.75) is 43.0 Å². The molecule has 0 radical (unpaired) electrons. The molecule has 1 saturated carbocycles. The molecule has 0 bridgehead atoms. The summed E-state index contributed by atoms with van der Waals surface area (Å²) in [6, 6.07) is 5.76. The SMILES string of the molecule is CC(SCc1ccccc1C(F)(F)F)C(=O)NC1CC1. The summed E-state index contributed by atoms with van der Waals surface area (Å²) in [5.41, 5.74) is -0.404. The molecule has 1 aliphatic rings. The fourth-order valence-electron chi connectivity index (χ4n) is 1.76. The third kappa shape index (κ3) is 4.16. The fraction of sp³-hybridized carbons (Fsp3) is 0.500. The maximum absolute atomic E-state index is 12.8. The first-order valence-electron chi connectivity index (χ1n) is 6.45. The zero-order valence-electron chi connectivity index (χ0n) is 11.0. The van der Waals surface area contributed by atoms with E-state index in [1.165, 1.54) is 23.9 Å². The average Bonchev–Trinajstić information content (AvgIpc) is 3.19. The largest absolute Gasteiger partial charge is 0.416 e. The van der Waals surface area contributed by atoms with E-state index >= 15 is 0 Å². The maximum atomic E-state index is 12.8. The van der Waals surface area contributed by atoms with Gasteiger partial charge in [0.05, 0.1) is 10.8 Å². The van der Waals surface area contributed by atoms with Gasteiger partial charge in [-0.2, -0.15) is 13.2 Å². The van der Waals surface area contributed by atoms with Crippen LogP contribution in [0.1, 0.15) is 30.9 Å². The van der Waals surface area contributed by atoms with Gasteiger partial charge in [-0.25, -0.2) is 0 Å². The Balaban J connectivity index is 1.94. The molecule has 0 saturated heterocycles. The van der Waals surface area contributed by atoms with E-state index in [9.17, 15) is 18.0 Å². The second kappa shape index (κ2) is 6.08. The lowest BCUT2D eigenvalue weighted by Gasteiger charge is -2.15. The summed E-state index contributed by atoms with van der Waals surface area (Å²) in [6.07, 6.45) is -2.35. The molecule has 1 atom stereocenters. The number of carbonyl (C=O) groups is 1. The van der Waals surface area contributed by atoms with Crippen LogP contribution in [0.4, 0.5) is 13.2 Å². The van der Waals surface area contributed by atoms with Crippen LogP contribution in [0.3, 0.4) is 0 Å². The molecule has 1 aromatic carbocycles. The Hall–Kier alpha value is -1.17. The summed E-state index contributed by atoms with van der Waals surface area (Å²) >= 11 is 1.23. The number of thioether (sulfide) groups is 1. The standard InChI is InChI=1S/C14H16F3NOS/c1-9(13(19)18-11-6-7-11)20-8-10-4-2-3-5-12(10)14(15,16)17/h2-5,9,11H,6-8H2,1H3,(H,18,19). The summed E-state index contributed by atoms with van der Waals surface area (Å²) in [7, 11) is 0. The number of carbonyl (C=O) groups excluding carboxylic acids is 1. The van der Waals surface area contributed by atoms with Crippen molar-refractivity contribution in [3.63, 3.8) is 0 Å². The molecular weight excluding hydrogens is 287 g/mol. The zero-order valence-corrected chi connectivity index (χ0v) is 11.9. The van der Waals surface area contributed by atoms with E-state index in [2.05, 4.69) is 5.32 Å². The predicted octanol–water partition coefficient (Wildman–Crippen LogP) is 3.61. The molecule has 20 heavy (non-hydrogen) atoms. The first-order chi connectivity index (χ1) is 9.38. The highest BCUT2D eigenvalue weighted by atomic mass is 32.2. The second-order valence-corrected chi connectivity index (χ2v) is 6.22. The van der Waals surface area contributed by atoms with Gasteiger partial charge in [-0.05, 0) is 31.4 Å². The molecule has 6 heteroatoms. The van der Waals surface area contributed by atoms with E-state index < -0.39 is 11.7 Å². The van der Waals surface area contributed by atoms with Crippen molar-refractivity contribution in [2.75, 3.05) is 0 Å². The van der Waals surface area contributed by atoms with E-state index in [0.29, 0.717) is 0 Å². The molecule has 110 valence electrons. The first-order valence-corrected chi connectivity index (χ1v) is 7.50. The molecule has 1 fully saturated rings. The first kappa shape index (κ1) is 15.2. The van der Waals surface area contributed by atoms with Crippen LogP contribution in [0.2, 0.25) is 0 Å². The minimum Gasteiger partial charge on any atom is -0.352 e. The van der Waals surface area contributed by atoms with E-state index in [1.807, 2.05) is 0 Å². The summed E-state index contributed by atoms with van der Waals surface area (Å²) in [6.45, 7) is 1.72. The van der Waals surface area contributed by atoms with Gasteiger partial charge in [-0.1, -0.05) is 18.2 Å². The Morgan fingerprint density at radius 1 is 1.40 bits per heavy atom. The summed E-state index contributed by atoms with van der Waals surface area (Å²) in [4.78, 5) is 11.7. The van der Waals surface area contributed by atoms with Gasteiger partial charge >= 0.3 is 6.18 Å². The number of halogens is 3. The van der Waals surface area contributed by atoms with Gasteiger partial charge in [0.1, 0.15) is 0 Å². The molecule has 0 aliphatic heterocycles. The van der Waals surface area contributed by atoms with Gasteiger partial charge in [0.15, 0.2) is 0 Å².